The van der Waals surface area contributed by atoms with Gasteiger partial charge in [-0.05, 0) is 32.6 Å². The molecule has 2 aliphatic rings. The monoisotopic (exact) mass is 240 g/mol. The van der Waals surface area contributed by atoms with Crippen molar-refractivity contribution < 1.29 is 9.53 Å². The smallest absolute Gasteiger partial charge is 0.232 e. The van der Waals surface area contributed by atoms with E-state index in [9.17, 15) is 4.79 Å². The van der Waals surface area contributed by atoms with Gasteiger partial charge in [0.05, 0.1) is 18.6 Å². The Bertz CT molecular complexity index is 308. The summed E-state index contributed by atoms with van der Waals surface area (Å²) in [5, 5.41) is 0. The Morgan fingerprint density at radius 1 is 1.41 bits per heavy atom. The normalized spacial score (nSPS) is 42.8. The van der Waals surface area contributed by atoms with Gasteiger partial charge in [0.1, 0.15) is 0 Å². The van der Waals surface area contributed by atoms with Gasteiger partial charge >= 0.3 is 0 Å². The molecule has 4 unspecified atom stereocenters. The van der Waals surface area contributed by atoms with Crippen LogP contribution in [0.4, 0.5) is 0 Å². The first-order chi connectivity index (χ1) is 7.95. The summed E-state index contributed by atoms with van der Waals surface area (Å²) in [6.07, 6.45) is 2.31. The highest BCUT2D eigenvalue weighted by atomic mass is 16.5. The highest BCUT2D eigenvalue weighted by Crippen LogP contribution is 2.33. The summed E-state index contributed by atoms with van der Waals surface area (Å²) in [4.78, 5) is 14.7. The number of amides is 1. The first kappa shape index (κ1) is 12.8. The minimum Gasteiger partial charge on any atom is -0.379 e. The van der Waals surface area contributed by atoms with Crippen molar-refractivity contribution in [1.82, 2.24) is 4.90 Å². The minimum atomic E-state index is -0.522. The van der Waals surface area contributed by atoms with E-state index in [1.54, 1.807) is 0 Å². The SMILES string of the molecule is CC1CCC(C)N(C(=O)C2(C)COCC2N)C1. The van der Waals surface area contributed by atoms with E-state index in [0.717, 1.165) is 13.0 Å². The van der Waals surface area contributed by atoms with Gasteiger partial charge in [-0.3, -0.25) is 4.79 Å². The predicted octanol–water partition coefficient (Wildman–Crippen LogP) is 0.997. The zero-order chi connectivity index (χ0) is 12.6. The lowest BCUT2D eigenvalue weighted by Crippen LogP contribution is -2.56. The van der Waals surface area contributed by atoms with Gasteiger partial charge in [-0.2, -0.15) is 0 Å². The first-order valence-electron chi connectivity index (χ1n) is 6.59. The van der Waals surface area contributed by atoms with Crippen LogP contribution in [0.3, 0.4) is 0 Å². The van der Waals surface area contributed by atoms with Gasteiger partial charge in [0.15, 0.2) is 0 Å². The first-order valence-corrected chi connectivity index (χ1v) is 6.59. The van der Waals surface area contributed by atoms with E-state index in [-0.39, 0.29) is 11.9 Å². The molecule has 2 fully saturated rings. The molecule has 17 heavy (non-hydrogen) atoms. The van der Waals surface area contributed by atoms with Crippen LogP contribution in [0.25, 0.3) is 0 Å². The van der Waals surface area contributed by atoms with Crippen LogP contribution in [0.15, 0.2) is 0 Å². The fraction of sp³-hybridized carbons (Fsp3) is 0.923. The molecule has 2 saturated heterocycles. The second kappa shape index (κ2) is 4.58. The van der Waals surface area contributed by atoms with Gasteiger partial charge < -0.3 is 15.4 Å². The minimum absolute atomic E-state index is 0.167. The zero-order valence-corrected chi connectivity index (χ0v) is 11.1. The molecule has 0 aromatic carbocycles. The topological polar surface area (TPSA) is 55.6 Å². The van der Waals surface area contributed by atoms with Gasteiger partial charge in [0.25, 0.3) is 0 Å². The van der Waals surface area contributed by atoms with E-state index in [2.05, 4.69) is 13.8 Å². The molecule has 2 rings (SSSR count). The number of carbonyl (C=O) groups excluding carboxylic acids is 1. The van der Waals surface area contributed by atoms with Crippen molar-refractivity contribution in [2.75, 3.05) is 19.8 Å². The fourth-order valence-corrected chi connectivity index (χ4v) is 2.81. The number of hydrogen-bond acceptors (Lipinski definition) is 3. The van der Waals surface area contributed by atoms with Crippen molar-refractivity contribution in [3.05, 3.63) is 0 Å². The van der Waals surface area contributed by atoms with Crippen LogP contribution in [-0.4, -0.2) is 42.6 Å². The molecule has 0 aliphatic carbocycles. The average molecular weight is 240 g/mol. The standard InChI is InChI=1S/C13H24N2O2/c1-9-4-5-10(2)15(6-9)12(16)13(3)8-17-7-11(13)14/h9-11H,4-8,14H2,1-3H3. The Hall–Kier alpha value is -0.610. The second-order valence-corrected chi connectivity index (χ2v) is 6.03. The fourth-order valence-electron chi connectivity index (χ4n) is 2.81. The van der Waals surface area contributed by atoms with E-state index in [0.29, 0.717) is 25.2 Å². The van der Waals surface area contributed by atoms with Gasteiger partial charge in [0.2, 0.25) is 5.91 Å². The molecule has 2 N–H and O–H groups in total. The average Bonchev–Trinajstić information content (AvgIpc) is 2.63. The molecule has 2 aliphatic heterocycles. The van der Waals surface area contributed by atoms with Crippen molar-refractivity contribution in [2.45, 2.75) is 45.7 Å². The molecule has 98 valence electrons. The highest BCUT2D eigenvalue weighted by Gasteiger charge is 2.47. The Balaban J connectivity index is 2.13. The van der Waals surface area contributed by atoms with Gasteiger partial charge in [0, 0.05) is 18.6 Å². The van der Waals surface area contributed by atoms with E-state index in [4.69, 9.17) is 10.5 Å². The molecule has 0 bridgehead atoms. The molecular formula is C13H24N2O2. The quantitative estimate of drug-likeness (QED) is 0.744. The Morgan fingerprint density at radius 3 is 2.71 bits per heavy atom. The number of rotatable bonds is 1. The third-order valence-corrected chi connectivity index (χ3v) is 4.38. The maximum atomic E-state index is 12.7. The lowest BCUT2D eigenvalue weighted by Gasteiger charge is -2.41. The molecule has 0 radical (unpaired) electrons. The summed E-state index contributed by atoms with van der Waals surface area (Å²) in [6.45, 7) is 8.11. The maximum Gasteiger partial charge on any atom is 0.232 e. The molecule has 4 atom stereocenters. The third-order valence-electron chi connectivity index (χ3n) is 4.38. The summed E-state index contributed by atoms with van der Waals surface area (Å²) in [5.74, 6) is 0.777. The summed E-state index contributed by atoms with van der Waals surface area (Å²) < 4.78 is 5.37. The van der Waals surface area contributed by atoms with Crippen molar-refractivity contribution in [3.63, 3.8) is 0 Å². The van der Waals surface area contributed by atoms with E-state index < -0.39 is 5.41 Å². The van der Waals surface area contributed by atoms with Crippen LogP contribution >= 0.6 is 0 Å². The van der Waals surface area contributed by atoms with Crippen LogP contribution in [0.2, 0.25) is 0 Å². The number of nitrogens with zero attached hydrogens (tertiary/aromatic N) is 1. The lowest BCUT2D eigenvalue weighted by atomic mass is 9.82. The summed E-state index contributed by atoms with van der Waals surface area (Å²) >= 11 is 0. The third kappa shape index (κ3) is 2.20. The second-order valence-electron chi connectivity index (χ2n) is 6.03. The summed E-state index contributed by atoms with van der Waals surface area (Å²) in [5.41, 5.74) is 5.51. The Kier molecular flexibility index (Phi) is 3.46. The summed E-state index contributed by atoms with van der Waals surface area (Å²) in [7, 11) is 0. The number of carbonyl (C=O) groups is 1. The van der Waals surface area contributed by atoms with Gasteiger partial charge in [-0.15, -0.1) is 0 Å². The molecule has 0 spiro atoms. The van der Waals surface area contributed by atoms with Crippen molar-refractivity contribution in [1.29, 1.82) is 0 Å². The van der Waals surface area contributed by atoms with Crippen LogP contribution in [0.1, 0.15) is 33.6 Å². The number of hydrogen-bond donors (Lipinski definition) is 1. The van der Waals surface area contributed by atoms with Gasteiger partial charge in [-0.1, -0.05) is 6.92 Å². The number of ether oxygens (including phenoxy) is 1. The van der Waals surface area contributed by atoms with Crippen LogP contribution in [-0.2, 0) is 9.53 Å². The van der Waals surface area contributed by atoms with Crippen molar-refractivity contribution in [3.8, 4) is 0 Å². The molecule has 4 nitrogen and oxygen atoms in total. The van der Waals surface area contributed by atoms with E-state index in [1.807, 2.05) is 11.8 Å². The Labute approximate surface area is 103 Å². The van der Waals surface area contributed by atoms with Crippen molar-refractivity contribution >= 4 is 5.91 Å². The van der Waals surface area contributed by atoms with Crippen LogP contribution < -0.4 is 5.73 Å². The molecule has 0 saturated carbocycles. The molecule has 1 amide bonds. The van der Waals surface area contributed by atoms with Crippen LogP contribution in [0.5, 0.6) is 0 Å². The Morgan fingerprint density at radius 2 is 2.12 bits per heavy atom. The molecule has 4 heteroatoms. The van der Waals surface area contributed by atoms with Crippen LogP contribution in [0, 0.1) is 11.3 Å². The van der Waals surface area contributed by atoms with E-state index in [1.165, 1.54) is 6.42 Å². The largest absolute Gasteiger partial charge is 0.379 e. The molecule has 0 aromatic heterocycles. The number of likely N-dealkylation sites (tertiary alicyclic amines) is 1. The molecule has 0 aromatic rings. The lowest BCUT2D eigenvalue weighted by molar-refractivity contribution is -0.146. The highest BCUT2D eigenvalue weighted by molar-refractivity contribution is 5.84. The van der Waals surface area contributed by atoms with E-state index >= 15 is 0 Å². The molecule has 2 heterocycles. The van der Waals surface area contributed by atoms with Gasteiger partial charge in [-0.25, -0.2) is 0 Å². The zero-order valence-electron chi connectivity index (χ0n) is 11.1. The maximum absolute atomic E-state index is 12.7. The summed E-state index contributed by atoms with van der Waals surface area (Å²) in [6, 6.07) is 0.169. The number of nitrogens with two attached hydrogens (primary N) is 1. The number of piperidine rings is 1. The van der Waals surface area contributed by atoms with Crippen molar-refractivity contribution in [2.24, 2.45) is 17.1 Å². The molecular weight excluding hydrogens is 216 g/mol. The predicted molar refractivity (Wildman–Crippen MR) is 66.5 cm³/mol.